The van der Waals surface area contributed by atoms with E-state index in [2.05, 4.69) is 4.99 Å². The number of aliphatic imine (C=N–C) groups is 1. The summed E-state index contributed by atoms with van der Waals surface area (Å²) in [5.41, 5.74) is 1.97. The Balaban J connectivity index is 1.65. The number of hydrogen-bond donors (Lipinski definition) is 0. The molecular formula is C20H27N3O3S2. The summed E-state index contributed by atoms with van der Waals surface area (Å²) in [5, 5.41) is 0.606. The highest BCUT2D eigenvalue weighted by Gasteiger charge is 2.49. The number of sulfone groups is 1. The fourth-order valence-electron chi connectivity index (χ4n) is 4.31. The minimum atomic E-state index is -3.05. The molecule has 2 atom stereocenters. The number of hydrogen-bond acceptors (Lipinski definition) is 5. The summed E-state index contributed by atoms with van der Waals surface area (Å²) in [6.45, 7) is 0. The monoisotopic (exact) mass is 421 g/mol. The summed E-state index contributed by atoms with van der Waals surface area (Å²) in [6, 6.07) is 7.85. The average molecular weight is 422 g/mol. The molecule has 0 aromatic heterocycles. The number of benzene rings is 1. The van der Waals surface area contributed by atoms with Gasteiger partial charge in [0.2, 0.25) is 0 Å². The molecule has 0 bridgehead atoms. The Labute approximate surface area is 171 Å². The van der Waals surface area contributed by atoms with Crippen molar-refractivity contribution in [3.63, 3.8) is 0 Å². The van der Waals surface area contributed by atoms with Gasteiger partial charge in [-0.1, -0.05) is 31.0 Å². The lowest BCUT2D eigenvalue weighted by Gasteiger charge is -2.26. The van der Waals surface area contributed by atoms with Gasteiger partial charge in [-0.3, -0.25) is 4.79 Å². The highest BCUT2D eigenvalue weighted by Crippen LogP contribution is 2.41. The van der Waals surface area contributed by atoms with Crippen molar-refractivity contribution >= 4 is 44.0 Å². The maximum Gasteiger partial charge on any atom is 0.251 e. The van der Waals surface area contributed by atoms with Crippen molar-refractivity contribution < 1.29 is 13.2 Å². The fraction of sp³-hybridized carbons (Fsp3) is 0.600. The number of carbonyl (C=O) groups excluding carboxylic acids is 1. The third-order valence-electron chi connectivity index (χ3n) is 5.87. The molecule has 0 spiro atoms. The summed E-state index contributed by atoms with van der Waals surface area (Å²) in [7, 11) is 0.913. The highest BCUT2D eigenvalue weighted by atomic mass is 32.2. The Morgan fingerprint density at radius 2 is 1.79 bits per heavy atom. The summed E-state index contributed by atoms with van der Waals surface area (Å²) >= 11 is 1.45. The molecule has 4 rings (SSSR count). The van der Waals surface area contributed by atoms with Gasteiger partial charge in [-0.15, -0.1) is 0 Å². The van der Waals surface area contributed by atoms with E-state index in [0.717, 1.165) is 37.1 Å². The first-order valence-corrected chi connectivity index (χ1v) is 12.6. The molecule has 0 N–H and O–H groups in total. The van der Waals surface area contributed by atoms with Gasteiger partial charge in [0.15, 0.2) is 15.0 Å². The van der Waals surface area contributed by atoms with E-state index in [-0.39, 0.29) is 34.6 Å². The second-order valence-corrected chi connectivity index (χ2v) is 11.5. The number of carbonyl (C=O) groups is 1. The second kappa shape index (κ2) is 7.71. The van der Waals surface area contributed by atoms with E-state index in [9.17, 15) is 13.2 Å². The summed E-state index contributed by atoms with van der Waals surface area (Å²) in [5.74, 6) is 0.256. The molecule has 152 valence electrons. The van der Waals surface area contributed by atoms with E-state index in [1.54, 1.807) is 0 Å². The van der Waals surface area contributed by atoms with Gasteiger partial charge in [0, 0.05) is 36.6 Å². The first kappa shape index (κ1) is 19.8. The summed E-state index contributed by atoms with van der Waals surface area (Å²) in [4.78, 5) is 21.3. The number of nitrogens with zero attached hydrogens (tertiary/aromatic N) is 3. The molecule has 1 amide bonds. The molecule has 6 nitrogen and oxygen atoms in total. The van der Waals surface area contributed by atoms with Crippen LogP contribution >= 0.6 is 11.8 Å². The molecule has 1 aromatic carbocycles. The SMILES string of the molecule is CN(C)c1ccc(N2C(=NC(=O)C3CCCCC3)S[C@@H]3CS(=O)(=O)C[C@H]32)cc1. The van der Waals surface area contributed by atoms with Crippen molar-refractivity contribution in [3.05, 3.63) is 24.3 Å². The van der Waals surface area contributed by atoms with E-state index in [1.165, 1.54) is 18.2 Å². The molecule has 3 aliphatic rings. The quantitative estimate of drug-likeness (QED) is 0.747. The molecule has 28 heavy (non-hydrogen) atoms. The molecule has 2 saturated heterocycles. The molecule has 1 aromatic rings. The van der Waals surface area contributed by atoms with Crippen molar-refractivity contribution in [1.29, 1.82) is 0 Å². The number of anilines is 2. The summed E-state index contributed by atoms with van der Waals surface area (Å²) < 4.78 is 24.4. The molecule has 2 aliphatic heterocycles. The number of thioether (sulfide) groups is 1. The van der Waals surface area contributed by atoms with E-state index in [0.29, 0.717) is 5.17 Å². The number of rotatable bonds is 3. The normalized spacial score (nSPS) is 28.5. The van der Waals surface area contributed by atoms with Gasteiger partial charge in [-0.2, -0.15) is 4.99 Å². The van der Waals surface area contributed by atoms with Crippen LogP contribution in [0.5, 0.6) is 0 Å². The molecule has 0 radical (unpaired) electrons. The Hall–Kier alpha value is -1.54. The van der Waals surface area contributed by atoms with Crippen LogP contribution in [0.4, 0.5) is 11.4 Å². The number of amidine groups is 1. The minimum Gasteiger partial charge on any atom is -0.378 e. The predicted octanol–water partition coefficient (Wildman–Crippen LogP) is 2.93. The Bertz CT molecular complexity index is 874. The van der Waals surface area contributed by atoms with Crippen LogP contribution in [-0.4, -0.2) is 56.4 Å². The standard InChI is InChI=1S/C20H27N3O3S2/c1-22(2)15-8-10-16(11-9-15)23-17-12-28(25,26)13-18(17)27-20(23)21-19(24)14-6-4-3-5-7-14/h8-11,14,17-18H,3-7,12-13H2,1-2H3/t17-,18-/m1/s1. The van der Waals surface area contributed by atoms with Crippen LogP contribution in [-0.2, 0) is 14.6 Å². The van der Waals surface area contributed by atoms with Gasteiger partial charge in [0.05, 0.1) is 17.5 Å². The molecule has 3 fully saturated rings. The third-order valence-corrected chi connectivity index (χ3v) is 9.08. The second-order valence-electron chi connectivity index (χ2n) is 8.15. The largest absolute Gasteiger partial charge is 0.378 e. The third kappa shape index (κ3) is 3.94. The van der Waals surface area contributed by atoms with Gasteiger partial charge in [0.25, 0.3) is 5.91 Å². The van der Waals surface area contributed by atoms with Crippen LogP contribution in [0, 0.1) is 5.92 Å². The van der Waals surface area contributed by atoms with E-state index in [1.807, 2.05) is 48.2 Å². The summed E-state index contributed by atoms with van der Waals surface area (Å²) in [6.07, 6.45) is 5.21. The van der Waals surface area contributed by atoms with E-state index < -0.39 is 9.84 Å². The fourth-order valence-corrected chi connectivity index (χ4v) is 8.23. The lowest BCUT2D eigenvalue weighted by molar-refractivity contribution is -0.122. The van der Waals surface area contributed by atoms with Gasteiger partial charge in [0.1, 0.15) is 0 Å². The zero-order valence-electron chi connectivity index (χ0n) is 16.4. The van der Waals surface area contributed by atoms with Crippen molar-refractivity contribution in [3.8, 4) is 0 Å². The lowest BCUT2D eigenvalue weighted by atomic mass is 9.89. The smallest absolute Gasteiger partial charge is 0.251 e. The van der Waals surface area contributed by atoms with Gasteiger partial charge in [-0.05, 0) is 37.1 Å². The lowest BCUT2D eigenvalue weighted by Crippen LogP contribution is -2.38. The van der Waals surface area contributed by atoms with Crippen molar-refractivity contribution in [2.45, 2.75) is 43.4 Å². The molecule has 0 unspecified atom stereocenters. The maximum atomic E-state index is 12.8. The Morgan fingerprint density at radius 1 is 1.11 bits per heavy atom. The van der Waals surface area contributed by atoms with Crippen molar-refractivity contribution in [2.75, 3.05) is 35.4 Å². The Morgan fingerprint density at radius 3 is 2.43 bits per heavy atom. The number of amides is 1. The first-order valence-electron chi connectivity index (χ1n) is 9.90. The molecular weight excluding hydrogens is 394 g/mol. The van der Waals surface area contributed by atoms with Crippen LogP contribution in [0.15, 0.2) is 29.3 Å². The topological polar surface area (TPSA) is 70.0 Å². The number of fused-ring (bicyclic) bond motifs is 1. The Kier molecular flexibility index (Phi) is 5.44. The highest BCUT2D eigenvalue weighted by molar-refractivity contribution is 8.16. The molecule has 2 heterocycles. The maximum absolute atomic E-state index is 12.8. The molecule has 1 saturated carbocycles. The zero-order chi connectivity index (χ0) is 19.9. The van der Waals surface area contributed by atoms with Crippen LogP contribution in [0.2, 0.25) is 0 Å². The molecule has 1 aliphatic carbocycles. The first-order chi connectivity index (χ1) is 13.3. The van der Waals surface area contributed by atoms with Crippen molar-refractivity contribution in [2.24, 2.45) is 10.9 Å². The van der Waals surface area contributed by atoms with Gasteiger partial charge >= 0.3 is 0 Å². The van der Waals surface area contributed by atoms with Gasteiger partial charge < -0.3 is 9.80 Å². The van der Waals surface area contributed by atoms with Gasteiger partial charge in [-0.25, -0.2) is 8.42 Å². The van der Waals surface area contributed by atoms with Crippen LogP contribution in [0.1, 0.15) is 32.1 Å². The zero-order valence-corrected chi connectivity index (χ0v) is 18.0. The van der Waals surface area contributed by atoms with Crippen molar-refractivity contribution in [1.82, 2.24) is 0 Å². The van der Waals surface area contributed by atoms with Crippen LogP contribution < -0.4 is 9.80 Å². The average Bonchev–Trinajstić information content (AvgIpc) is 3.13. The van der Waals surface area contributed by atoms with Crippen LogP contribution in [0.3, 0.4) is 0 Å². The van der Waals surface area contributed by atoms with E-state index in [4.69, 9.17) is 0 Å². The predicted molar refractivity (Wildman–Crippen MR) is 116 cm³/mol. The van der Waals surface area contributed by atoms with E-state index >= 15 is 0 Å². The minimum absolute atomic E-state index is 0.0176. The van der Waals surface area contributed by atoms with Crippen LogP contribution in [0.25, 0.3) is 0 Å². The molecule has 8 heteroatoms.